The fourth-order valence-electron chi connectivity index (χ4n) is 9.43. The van der Waals surface area contributed by atoms with Gasteiger partial charge in [-0.3, -0.25) is 0 Å². The molecule has 11 aromatic rings. The van der Waals surface area contributed by atoms with Crippen molar-refractivity contribution >= 4 is 54.5 Å². The van der Waals surface area contributed by atoms with Gasteiger partial charge in [0.25, 0.3) is 0 Å². The highest BCUT2D eigenvalue weighted by Crippen LogP contribution is 2.56. The van der Waals surface area contributed by atoms with Gasteiger partial charge >= 0.3 is 0 Å². The lowest BCUT2D eigenvalue weighted by atomic mass is 9.79. The molecule has 268 valence electrons. The van der Waals surface area contributed by atoms with Crippen molar-refractivity contribution in [1.82, 2.24) is 19.5 Å². The highest BCUT2D eigenvalue weighted by molar-refractivity contribution is 6.23. The Hall–Kier alpha value is -7.37. The third kappa shape index (κ3) is 4.60. The largest absolute Gasteiger partial charge is 0.455 e. The summed E-state index contributed by atoms with van der Waals surface area (Å²) in [4.78, 5) is 15.4. The Balaban J connectivity index is 1.05. The highest BCUT2D eigenvalue weighted by atomic mass is 16.3. The van der Waals surface area contributed by atoms with Crippen LogP contribution in [0.15, 0.2) is 174 Å². The summed E-state index contributed by atoms with van der Waals surface area (Å²) in [5.41, 5.74) is 12.9. The van der Waals surface area contributed by atoms with Crippen molar-refractivity contribution in [3.8, 4) is 51.0 Å². The summed E-state index contributed by atoms with van der Waals surface area (Å²) < 4.78 is 9.13. The van der Waals surface area contributed by atoms with Crippen LogP contribution in [0.5, 0.6) is 0 Å². The average molecular weight is 731 g/mol. The van der Waals surface area contributed by atoms with Crippen molar-refractivity contribution in [1.29, 1.82) is 0 Å². The van der Waals surface area contributed by atoms with Crippen molar-refractivity contribution in [2.75, 3.05) is 0 Å². The van der Waals surface area contributed by atoms with E-state index in [1.54, 1.807) is 0 Å². The first-order valence-electron chi connectivity index (χ1n) is 19.5. The number of nitrogens with zero attached hydrogens (tertiary/aromatic N) is 4. The topological polar surface area (TPSA) is 56.7 Å². The predicted molar refractivity (Wildman–Crippen MR) is 233 cm³/mol. The predicted octanol–water partition coefficient (Wildman–Crippen LogP) is 13.3. The van der Waals surface area contributed by atoms with E-state index in [0.29, 0.717) is 17.5 Å². The third-order valence-electron chi connectivity index (χ3n) is 12.0. The Morgan fingerprint density at radius 1 is 0.474 bits per heavy atom. The fourth-order valence-corrected chi connectivity index (χ4v) is 9.43. The quantitative estimate of drug-likeness (QED) is 0.181. The molecule has 0 radical (unpaired) electrons. The summed E-state index contributed by atoms with van der Waals surface area (Å²) in [6.07, 6.45) is 0. The molecule has 0 amide bonds. The van der Waals surface area contributed by atoms with E-state index in [1.165, 1.54) is 49.4 Å². The van der Waals surface area contributed by atoms with E-state index in [0.717, 1.165) is 49.7 Å². The van der Waals surface area contributed by atoms with Crippen LogP contribution in [-0.2, 0) is 5.41 Å². The van der Waals surface area contributed by atoms with Crippen LogP contribution in [0.2, 0.25) is 0 Å². The van der Waals surface area contributed by atoms with Gasteiger partial charge in [-0.25, -0.2) is 15.0 Å². The van der Waals surface area contributed by atoms with Crippen molar-refractivity contribution in [3.05, 3.63) is 181 Å². The van der Waals surface area contributed by atoms with Crippen LogP contribution in [0.3, 0.4) is 0 Å². The molecule has 0 fully saturated rings. The zero-order valence-corrected chi connectivity index (χ0v) is 31.4. The minimum absolute atomic E-state index is 0.229. The number of hydrogen-bond acceptors (Lipinski definition) is 4. The van der Waals surface area contributed by atoms with Crippen molar-refractivity contribution in [3.63, 3.8) is 0 Å². The maximum atomic E-state index is 6.80. The number of fused-ring (bicyclic) bond motifs is 13. The molecule has 5 heteroatoms. The number of para-hydroxylation sites is 2. The Morgan fingerprint density at radius 3 is 1.72 bits per heavy atom. The van der Waals surface area contributed by atoms with Crippen LogP contribution in [0.4, 0.5) is 0 Å². The van der Waals surface area contributed by atoms with Gasteiger partial charge in [-0.1, -0.05) is 129 Å². The summed E-state index contributed by atoms with van der Waals surface area (Å²) >= 11 is 0. The Labute approximate surface area is 328 Å². The second-order valence-corrected chi connectivity index (χ2v) is 15.6. The zero-order chi connectivity index (χ0) is 37.8. The van der Waals surface area contributed by atoms with E-state index in [2.05, 4.69) is 170 Å². The van der Waals surface area contributed by atoms with Gasteiger partial charge in [-0.05, 0) is 82.2 Å². The van der Waals surface area contributed by atoms with E-state index in [9.17, 15) is 0 Å². The zero-order valence-electron chi connectivity index (χ0n) is 31.4. The lowest BCUT2D eigenvalue weighted by Crippen LogP contribution is -2.15. The minimum atomic E-state index is -0.229. The van der Waals surface area contributed by atoms with Gasteiger partial charge in [0, 0.05) is 54.7 Å². The number of benzene rings is 8. The molecule has 57 heavy (non-hydrogen) atoms. The van der Waals surface area contributed by atoms with Gasteiger partial charge in [0.05, 0.1) is 11.0 Å². The van der Waals surface area contributed by atoms with Crippen molar-refractivity contribution in [2.24, 2.45) is 0 Å². The van der Waals surface area contributed by atoms with E-state index in [1.807, 2.05) is 18.2 Å². The second-order valence-electron chi connectivity index (χ2n) is 15.6. The molecule has 0 atom stereocenters. The van der Waals surface area contributed by atoms with Gasteiger partial charge < -0.3 is 8.98 Å². The molecule has 1 aliphatic rings. The lowest BCUT2D eigenvalue weighted by Gasteiger charge is -2.22. The standard InChI is InChI=1S/C52H34N4O/c1-52(2)41-21-11-8-20-39(41)45-37-18-6-7-19-38(37)48-46(47(45)52)40-30-33(26-29-44(40)57-48)51-54-49(31-14-4-3-5-15-31)53-50(55-51)32-24-27-34(28-25-32)56-42-22-12-9-16-35(42)36-17-10-13-23-43(36)56/h3-30H,1-2H3. The summed E-state index contributed by atoms with van der Waals surface area (Å²) in [5, 5.41) is 7.02. The van der Waals surface area contributed by atoms with Crippen LogP contribution in [0.25, 0.3) is 105 Å². The maximum Gasteiger partial charge on any atom is 0.164 e. The number of aromatic nitrogens is 4. The molecule has 8 aromatic carbocycles. The molecular weight excluding hydrogens is 697 g/mol. The molecule has 0 saturated heterocycles. The SMILES string of the molecule is CC1(C)c2ccccc2-c2c1c1c3cc(-c4nc(-c5ccccc5)nc(-c5ccc(-n6c7ccccc7c7ccccc76)cc5)n4)ccc3oc1c1ccccc21. The van der Waals surface area contributed by atoms with Crippen molar-refractivity contribution in [2.45, 2.75) is 19.3 Å². The number of hydrogen-bond donors (Lipinski definition) is 0. The van der Waals surface area contributed by atoms with Crippen LogP contribution in [0.1, 0.15) is 25.0 Å². The van der Waals surface area contributed by atoms with Gasteiger partial charge in [-0.15, -0.1) is 0 Å². The molecule has 1 aliphatic carbocycles. The van der Waals surface area contributed by atoms with Gasteiger partial charge in [-0.2, -0.15) is 0 Å². The summed E-state index contributed by atoms with van der Waals surface area (Å²) in [5.74, 6) is 1.86. The minimum Gasteiger partial charge on any atom is -0.455 e. The normalized spacial score (nSPS) is 13.2. The van der Waals surface area contributed by atoms with Gasteiger partial charge in [0.15, 0.2) is 17.5 Å². The summed E-state index contributed by atoms with van der Waals surface area (Å²) in [6.45, 7) is 4.68. The van der Waals surface area contributed by atoms with Crippen LogP contribution >= 0.6 is 0 Å². The second kappa shape index (κ2) is 11.8. The van der Waals surface area contributed by atoms with Crippen LogP contribution < -0.4 is 0 Å². The summed E-state index contributed by atoms with van der Waals surface area (Å²) in [6, 6.07) is 59.7. The summed E-state index contributed by atoms with van der Waals surface area (Å²) in [7, 11) is 0. The van der Waals surface area contributed by atoms with E-state index >= 15 is 0 Å². The molecule has 0 aliphatic heterocycles. The molecule has 0 saturated carbocycles. The number of rotatable bonds is 4. The van der Waals surface area contributed by atoms with E-state index < -0.39 is 0 Å². The fraction of sp³-hybridized carbons (Fsp3) is 0.0577. The molecular formula is C52H34N4O. The van der Waals surface area contributed by atoms with Crippen molar-refractivity contribution < 1.29 is 4.42 Å². The Morgan fingerprint density at radius 2 is 1.02 bits per heavy atom. The Kier molecular flexibility index (Phi) is 6.62. The third-order valence-corrected chi connectivity index (χ3v) is 12.0. The first-order valence-corrected chi connectivity index (χ1v) is 19.5. The number of furan rings is 1. The van der Waals surface area contributed by atoms with E-state index in [4.69, 9.17) is 19.4 Å². The molecule has 5 nitrogen and oxygen atoms in total. The molecule has 0 N–H and O–H groups in total. The van der Waals surface area contributed by atoms with Crippen LogP contribution in [0, 0.1) is 0 Å². The van der Waals surface area contributed by atoms with Gasteiger partial charge in [0.1, 0.15) is 11.2 Å². The van der Waals surface area contributed by atoms with Gasteiger partial charge in [0.2, 0.25) is 0 Å². The lowest BCUT2D eigenvalue weighted by molar-refractivity contribution is 0.659. The monoisotopic (exact) mass is 730 g/mol. The molecule has 0 spiro atoms. The molecule has 3 aromatic heterocycles. The van der Waals surface area contributed by atoms with Crippen LogP contribution in [-0.4, -0.2) is 19.5 Å². The first kappa shape index (κ1) is 31.9. The maximum absolute atomic E-state index is 6.80. The average Bonchev–Trinajstić information content (AvgIpc) is 3.89. The molecule has 0 unspecified atom stereocenters. The first-order chi connectivity index (χ1) is 28.0. The smallest absolute Gasteiger partial charge is 0.164 e. The van der Waals surface area contributed by atoms with E-state index in [-0.39, 0.29) is 5.41 Å². The molecule has 12 rings (SSSR count). The molecule has 3 heterocycles. The highest BCUT2D eigenvalue weighted by Gasteiger charge is 2.39. The Bertz CT molecular complexity index is 3380. The molecule has 0 bridgehead atoms.